The second-order valence-corrected chi connectivity index (χ2v) is 8.05. The van der Waals surface area contributed by atoms with E-state index in [0.29, 0.717) is 23.9 Å². The number of nitrogens with one attached hydrogen (secondary N) is 2. The summed E-state index contributed by atoms with van der Waals surface area (Å²) in [6, 6.07) is 4.68. The molecule has 0 bridgehead atoms. The summed E-state index contributed by atoms with van der Waals surface area (Å²) < 4.78 is 13.2. The number of nitrogens with zero attached hydrogens (tertiary/aromatic N) is 2. The molecule has 1 aliphatic carbocycles. The Morgan fingerprint density at radius 1 is 1.31 bits per heavy atom. The summed E-state index contributed by atoms with van der Waals surface area (Å²) in [6.45, 7) is 4.90. The Balaban J connectivity index is 0.00000300. The highest BCUT2D eigenvalue weighted by atomic mass is 127. The lowest BCUT2D eigenvalue weighted by atomic mass is 10.1. The molecule has 1 saturated carbocycles. The van der Waals surface area contributed by atoms with Crippen molar-refractivity contribution in [3.63, 3.8) is 0 Å². The van der Waals surface area contributed by atoms with Gasteiger partial charge in [0.25, 0.3) is 0 Å². The quantitative estimate of drug-likeness (QED) is 0.328. The van der Waals surface area contributed by atoms with E-state index >= 15 is 0 Å². The standard InChI is InChI=1S/C21H30ClFN4O.HI/c1-2-24-21(25-11-9-15-7-8-17(23)13-19(15)22)26-18-10-12-27(14-18)20(28)16-5-3-4-6-16;/h7-8,13,16,18H,2-6,9-12,14H2,1H3,(H2,24,25,26);1H. The number of amides is 1. The van der Waals surface area contributed by atoms with E-state index in [4.69, 9.17) is 11.6 Å². The van der Waals surface area contributed by atoms with Crippen LogP contribution < -0.4 is 10.6 Å². The molecule has 1 unspecified atom stereocenters. The van der Waals surface area contributed by atoms with E-state index in [0.717, 1.165) is 50.4 Å². The lowest BCUT2D eigenvalue weighted by molar-refractivity contribution is -0.134. The van der Waals surface area contributed by atoms with Crippen molar-refractivity contribution in [2.24, 2.45) is 10.9 Å². The van der Waals surface area contributed by atoms with Crippen LogP contribution in [0.3, 0.4) is 0 Å². The second-order valence-electron chi connectivity index (χ2n) is 7.64. The minimum absolute atomic E-state index is 0. The molecule has 0 aromatic heterocycles. The fraction of sp³-hybridized carbons (Fsp3) is 0.619. The summed E-state index contributed by atoms with van der Waals surface area (Å²) in [5.41, 5.74) is 0.886. The van der Waals surface area contributed by atoms with Crippen molar-refractivity contribution in [1.82, 2.24) is 15.5 Å². The Morgan fingerprint density at radius 3 is 2.76 bits per heavy atom. The molecule has 1 saturated heterocycles. The van der Waals surface area contributed by atoms with E-state index in [-0.39, 0.29) is 41.8 Å². The largest absolute Gasteiger partial charge is 0.357 e. The third-order valence-electron chi connectivity index (χ3n) is 5.56. The van der Waals surface area contributed by atoms with Crippen LogP contribution in [0.15, 0.2) is 23.2 Å². The van der Waals surface area contributed by atoms with Crippen LogP contribution in [0.2, 0.25) is 5.02 Å². The molecule has 0 spiro atoms. The Kier molecular flexibility index (Phi) is 9.95. The van der Waals surface area contributed by atoms with Gasteiger partial charge in [-0.05, 0) is 50.3 Å². The molecule has 162 valence electrons. The average molecular weight is 537 g/mol. The number of hydrogen-bond acceptors (Lipinski definition) is 2. The first kappa shape index (κ1) is 24.2. The van der Waals surface area contributed by atoms with Crippen LogP contribution in [0.5, 0.6) is 0 Å². The molecule has 1 aromatic rings. The molecule has 3 rings (SSSR count). The van der Waals surface area contributed by atoms with Crippen molar-refractivity contribution >= 4 is 47.4 Å². The van der Waals surface area contributed by atoms with Gasteiger partial charge in [0, 0.05) is 43.2 Å². The summed E-state index contributed by atoms with van der Waals surface area (Å²) in [4.78, 5) is 19.2. The topological polar surface area (TPSA) is 56.7 Å². The summed E-state index contributed by atoms with van der Waals surface area (Å²) in [7, 11) is 0. The van der Waals surface area contributed by atoms with E-state index in [1.807, 2.05) is 11.8 Å². The minimum Gasteiger partial charge on any atom is -0.357 e. The highest BCUT2D eigenvalue weighted by Crippen LogP contribution is 2.27. The van der Waals surface area contributed by atoms with Gasteiger partial charge < -0.3 is 15.5 Å². The molecule has 5 nitrogen and oxygen atoms in total. The monoisotopic (exact) mass is 536 g/mol. The number of guanidine groups is 1. The highest BCUT2D eigenvalue weighted by Gasteiger charge is 2.32. The maximum Gasteiger partial charge on any atom is 0.225 e. The van der Waals surface area contributed by atoms with E-state index in [1.165, 1.54) is 25.0 Å². The molecule has 8 heteroatoms. The van der Waals surface area contributed by atoms with Crippen molar-refractivity contribution in [1.29, 1.82) is 0 Å². The maximum absolute atomic E-state index is 13.2. The lowest BCUT2D eigenvalue weighted by Gasteiger charge is -2.21. The summed E-state index contributed by atoms with van der Waals surface area (Å²) >= 11 is 6.09. The highest BCUT2D eigenvalue weighted by molar-refractivity contribution is 14.0. The van der Waals surface area contributed by atoms with Crippen molar-refractivity contribution < 1.29 is 9.18 Å². The van der Waals surface area contributed by atoms with Gasteiger partial charge in [0.1, 0.15) is 5.82 Å². The van der Waals surface area contributed by atoms with Crippen molar-refractivity contribution in [2.45, 2.75) is 51.5 Å². The molecule has 1 amide bonds. The molecule has 2 fully saturated rings. The van der Waals surface area contributed by atoms with E-state index in [9.17, 15) is 9.18 Å². The van der Waals surface area contributed by atoms with Gasteiger partial charge in [0.2, 0.25) is 5.91 Å². The second kappa shape index (κ2) is 11.9. The first-order valence-electron chi connectivity index (χ1n) is 10.3. The number of likely N-dealkylation sites (tertiary alicyclic amines) is 1. The maximum atomic E-state index is 13.2. The first-order chi connectivity index (χ1) is 13.6. The van der Waals surface area contributed by atoms with Gasteiger partial charge in [-0.25, -0.2) is 4.39 Å². The van der Waals surface area contributed by atoms with Gasteiger partial charge in [0.15, 0.2) is 5.96 Å². The summed E-state index contributed by atoms with van der Waals surface area (Å²) in [5.74, 6) is 0.988. The fourth-order valence-corrected chi connectivity index (χ4v) is 4.30. The van der Waals surface area contributed by atoms with Gasteiger partial charge >= 0.3 is 0 Å². The predicted octanol–water partition coefficient (Wildman–Crippen LogP) is 3.99. The zero-order valence-electron chi connectivity index (χ0n) is 16.9. The van der Waals surface area contributed by atoms with E-state index in [1.54, 1.807) is 6.07 Å². The zero-order valence-corrected chi connectivity index (χ0v) is 20.0. The van der Waals surface area contributed by atoms with Crippen molar-refractivity contribution in [2.75, 3.05) is 26.2 Å². The Bertz CT molecular complexity index is 712. The van der Waals surface area contributed by atoms with Gasteiger partial charge in [0.05, 0.1) is 0 Å². The molecule has 29 heavy (non-hydrogen) atoms. The van der Waals surface area contributed by atoms with Crippen molar-refractivity contribution in [3.05, 3.63) is 34.6 Å². The number of rotatable bonds is 6. The van der Waals surface area contributed by atoms with Gasteiger partial charge in [-0.3, -0.25) is 9.79 Å². The molecule has 0 radical (unpaired) electrons. The SMILES string of the molecule is CCNC(=NCCc1ccc(F)cc1Cl)NC1CCN(C(=O)C2CCCC2)C1.I. The van der Waals surface area contributed by atoms with Crippen LogP contribution in [0.4, 0.5) is 4.39 Å². The molecule has 2 aliphatic rings. The molecule has 1 aliphatic heterocycles. The van der Waals surface area contributed by atoms with Crippen molar-refractivity contribution in [3.8, 4) is 0 Å². The number of carbonyl (C=O) groups is 1. The van der Waals surface area contributed by atoms with Crippen LogP contribution >= 0.6 is 35.6 Å². The third-order valence-corrected chi connectivity index (χ3v) is 5.91. The Labute approximate surface area is 194 Å². The molecule has 2 N–H and O–H groups in total. The molecule has 1 atom stereocenters. The summed E-state index contributed by atoms with van der Waals surface area (Å²) in [5, 5.41) is 7.15. The lowest BCUT2D eigenvalue weighted by Crippen LogP contribution is -2.45. The summed E-state index contributed by atoms with van der Waals surface area (Å²) in [6.07, 6.45) is 6.04. The van der Waals surface area contributed by atoms with Gasteiger partial charge in [-0.15, -0.1) is 24.0 Å². The van der Waals surface area contributed by atoms with E-state index < -0.39 is 0 Å². The number of benzene rings is 1. The Hall–Kier alpha value is -1.09. The van der Waals surface area contributed by atoms with Gasteiger partial charge in [-0.2, -0.15) is 0 Å². The average Bonchev–Trinajstić information content (AvgIpc) is 3.35. The van der Waals surface area contributed by atoms with Crippen LogP contribution in [-0.2, 0) is 11.2 Å². The number of halogens is 3. The number of aliphatic imine (C=N–C) groups is 1. The number of carbonyl (C=O) groups excluding carboxylic acids is 1. The predicted molar refractivity (Wildman–Crippen MR) is 127 cm³/mol. The third kappa shape index (κ3) is 6.98. The molecule has 1 aromatic carbocycles. The Morgan fingerprint density at radius 2 is 2.07 bits per heavy atom. The normalized spacial score (nSPS) is 19.9. The molecular weight excluding hydrogens is 506 g/mol. The smallest absolute Gasteiger partial charge is 0.225 e. The molecular formula is C21H31ClFIN4O. The van der Waals surface area contributed by atoms with Crippen LogP contribution in [0, 0.1) is 11.7 Å². The molecule has 1 heterocycles. The minimum atomic E-state index is -0.329. The fourth-order valence-electron chi connectivity index (χ4n) is 4.04. The first-order valence-corrected chi connectivity index (χ1v) is 10.7. The van der Waals surface area contributed by atoms with Crippen LogP contribution in [0.25, 0.3) is 0 Å². The zero-order chi connectivity index (χ0) is 19.9. The van der Waals surface area contributed by atoms with Crippen LogP contribution in [0.1, 0.15) is 44.6 Å². The van der Waals surface area contributed by atoms with Crippen LogP contribution in [-0.4, -0.2) is 49.0 Å². The van der Waals surface area contributed by atoms with E-state index in [2.05, 4.69) is 15.6 Å². The number of hydrogen-bond donors (Lipinski definition) is 2. The van der Waals surface area contributed by atoms with Gasteiger partial charge in [-0.1, -0.05) is 30.5 Å².